The summed E-state index contributed by atoms with van der Waals surface area (Å²) in [5.41, 5.74) is 18.7. The van der Waals surface area contributed by atoms with E-state index >= 15 is 0 Å². The minimum absolute atomic E-state index is 0.0164. The Morgan fingerprint density at radius 3 is 2.37 bits per heavy atom. The minimum Gasteiger partial charge on any atom is -0.456 e. The molecule has 6 aromatic carbocycles. The third-order valence-electron chi connectivity index (χ3n) is 15.0. The van der Waals surface area contributed by atoms with E-state index in [0.717, 1.165) is 24.0 Å². The van der Waals surface area contributed by atoms with Crippen molar-refractivity contribution in [2.45, 2.75) is 90.9 Å². The molecule has 0 fully saturated rings. The number of thiophene rings is 1. The van der Waals surface area contributed by atoms with Crippen LogP contribution in [-0.4, -0.2) is 11.4 Å². The van der Waals surface area contributed by atoms with Gasteiger partial charge in [-0.2, -0.15) is 0 Å². The Kier molecular flexibility index (Phi) is 6.76. The van der Waals surface area contributed by atoms with Gasteiger partial charge in [0.05, 0.1) is 16.6 Å². The van der Waals surface area contributed by atoms with Gasteiger partial charge in [-0.1, -0.05) is 102 Å². The first-order valence-corrected chi connectivity index (χ1v) is 22.7. The molecule has 3 aromatic heterocycles. The summed E-state index contributed by atoms with van der Waals surface area (Å²) in [5.74, 6) is 0. The van der Waals surface area contributed by atoms with E-state index in [0.29, 0.717) is 0 Å². The molecule has 5 heterocycles. The molecule has 3 nitrogen and oxygen atoms in total. The smallest absolute Gasteiger partial charge is 0.329 e. The number of aryl methyl sites for hydroxylation is 2. The molecule has 0 amide bonds. The van der Waals surface area contributed by atoms with E-state index in [1.165, 1.54) is 139 Å². The van der Waals surface area contributed by atoms with E-state index in [4.69, 9.17) is 4.42 Å². The van der Waals surface area contributed by atoms with Crippen molar-refractivity contribution in [3.8, 4) is 16.8 Å². The van der Waals surface area contributed by atoms with E-state index in [9.17, 15) is 0 Å². The second-order valence-electron chi connectivity index (χ2n) is 19.3. The highest BCUT2D eigenvalue weighted by atomic mass is 32.1. The number of furan rings is 1. The van der Waals surface area contributed by atoms with Crippen molar-refractivity contribution in [3.63, 3.8) is 0 Å². The maximum atomic E-state index is 6.94. The summed E-state index contributed by atoms with van der Waals surface area (Å²) in [6.07, 6.45) is 9.40. The van der Waals surface area contributed by atoms with Crippen molar-refractivity contribution in [2.75, 3.05) is 4.81 Å². The van der Waals surface area contributed by atoms with E-state index in [1.807, 2.05) is 11.3 Å². The fourth-order valence-corrected chi connectivity index (χ4v) is 13.1. The lowest BCUT2D eigenvalue weighted by atomic mass is 9.43. The molecule has 0 spiro atoms. The van der Waals surface area contributed by atoms with E-state index in [-0.39, 0.29) is 17.7 Å². The zero-order valence-electron chi connectivity index (χ0n) is 34.8. The van der Waals surface area contributed by atoms with Crippen LogP contribution >= 0.6 is 11.3 Å². The van der Waals surface area contributed by atoms with Crippen LogP contribution in [-0.2, 0) is 17.3 Å². The molecule has 2 aliphatic heterocycles. The number of anilines is 2. The molecule has 59 heavy (non-hydrogen) atoms. The third kappa shape index (κ3) is 4.39. The molecule has 0 radical (unpaired) electrons. The van der Waals surface area contributed by atoms with Crippen molar-refractivity contribution in [1.82, 2.24) is 4.57 Å². The van der Waals surface area contributed by atoms with Crippen molar-refractivity contribution in [2.24, 2.45) is 0 Å². The van der Waals surface area contributed by atoms with Gasteiger partial charge >= 0.3 is 6.85 Å². The summed E-state index contributed by atoms with van der Waals surface area (Å²) in [5, 5.41) is 9.25. The SMILES string of the molecule is CCCCc1ccc2c(c1)c1c3n2-c2c4c(cc5oc6ccccc6c25)-c2c(ccc5c2sc2ccccc25)N(c2cc5c(cc2C)C(C)(C)CCC5(C)C)B4C=3CC=1. The number of nitrogens with zero attached hydrogens (tertiary/aromatic N) is 2. The number of para-hydroxylation sites is 1. The van der Waals surface area contributed by atoms with Gasteiger partial charge in [-0.25, -0.2) is 0 Å². The normalized spacial score (nSPS) is 16.9. The Bertz CT molecular complexity index is 3500. The second kappa shape index (κ2) is 11.6. The predicted octanol–water partition coefficient (Wildman–Crippen LogP) is 12.8. The Morgan fingerprint density at radius 1 is 0.763 bits per heavy atom. The molecular formula is C54H47BN2OS. The molecule has 0 unspecified atom stereocenters. The third-order valence-corrected chi connectivity index (χ3v) is 16.2. The largest absolute Gasteiger partial charge is 0.456 e. The van der Waals surface area contributed by atoms with Crippen molar-refractivity contribution in [3.05, 3.63) is 130 Å². The minimum atomic E-state index is 0.0164. The first-order chi connectivity index (χ1) is 28.6. The predicted molar refractivity (Wildman–Crippen MR) is 253 cm³/mol. The van der Waals surface area contributed by atoms with Gasteiger partial charge in [0.25, 0.3) is 0 Å². The molecule has 0 saturated carbocycles. The lowest BCUT2D eigenvalue weighted by Gasteiger charge is -2.46. The molecule has 13 rings (SSSR count). The van der Waals surface area contributed by atoms with Gasteiger partial charge in [-0.3, -0.25) is 0 Å². The summed E-state index contributed by atoms with van der Waals surface area (Å²) in [7, 11) is 0. The Labute approximate surface area is 349 Å². The quantitative estimate of drug-likeness (QED) is 0.166. The number of unbranched alkanes of at least 4 members (excludes halogenated alkanes) is 1. The maximum absolute atomic E-state index is 6.94. The van der Waals surface area contributed by atoms with E-state index in [2.05, 4.69) is 154 Å². The van der Waals surface area contributed by atoms with Crippen molar-refractivity contribution >= 4 is 99.6 Å². The Hall–Kier alpha value is -5.52. The van der Waals surface area contributed by atoms with E-state index < -0.39 is 0 Å². The molecule has 9 aromatic rings. The van der Waals surface area contributed by atoms with Gasteiger partial charge < -0.3 is 13.8 Å². The first-order valence-electron chi connectivity index (χ1n) is 21.9. The van der Waals surface area contributed by atoms with Crippen molar-refractivity contribution in [1.29, 1.82) is 0 Å². The number of fused-ring (bicyclic) bond motifs is 16. The van der Waals surface area contributed by atoms with E-state index in [1.54, 1.807) is 0 Å². The van der Waals surface area contributed by atoms with Crippen LogP contribution in [0.2, 0.25) is 0 Å². The maximum Gasteiger partial charge on any atom is 0.329 e. The molecule has 0 N–H and O–H groups in total. The number of aromatic nitrogens is 1. The zero-order valence-corrected chi connectivity index (χ0v) is 35.7. The van der Waals surface area contributed by atoms with Crippen LogP contribution in [0, 0.1) is 6.92 Å². The summed E-state index contributed by atoms with van der Waals surface area (Å²) < 4.78 is 12.3. The van der Waals surface area contributed by atoms with Gasteiger partial charge in [0.2, 0.25) is 0 Å². The highest BCUT2D eigenvalue weighted by molar-refractivity contribution is 7.26. The summed E-state index contributed by atoms with van der Waals surface area (Å²) in [4.78, 5) is 2.80. The number of hydrogen-bond acceptors (Lipinski definition) is 3. The Balaban J connectivity index is 1.23. The van der Waals surface area contributed by atoms with Gasteiger partial charge in [0.1, 0.15) is 11.2 Å². The van der Waals surface area contributed by atoms with Crippen LogP contribution in [0.3, 0.4) is 0 Å². The first kappa shape index (κ1) is 34.4. The van der Waals surface area contributed by atoms with Crippen LogP contribution in [0.15, 0.2) is 101 Å². The van der Waals surface area contributed by atoms with Crippen LogP contribution in [0.4, 0.5) is 11.4 Å². The standard InChI is InChI=1S/C54H47BN2OS/c1-7-8-13-31-18-22-41-36(27-31)33-19-21-40-50(33)56(41)51-48-35-15-9-11-16-44(35)58-45(48)28-37-47-42(23-20-34-32-14-10-12-17-46(32)59-52(34)47)57(55(40)49(37)51)43-29-39-38(26-30(43)2)53(3,4)24-25-54(39,5)6/h9-12,14-20,22-23,26-29H,7-8,13,21,24-25H2,1-6H3. The van der Waals surface area contributed by atoms with Gasteiger partial charge in [0.15, 0.2) is 0 Å². The number of benzene rings is 6. The van der Waals surface area contributed by atoms with Crippen LogP contribution < -0.4 is 20.8 Å². The zero-order chi connectivity index (χ0) is 39.7. The molecule has 0 atom stereocenters. The summed E-state index contributed by atoms with van der Waals surface area (Å²) in [6, 6.07) is 37.5. The monoisotopic (exact) mass is 782 g/mol. The van der Waals surface area contributed by atoms with Crippen LogP contribution in [0.25, 0.3) is 81.4 Å². The molecule has 4 aliphatic rings. The molecule has 0 bridgehead atoms. The molecular weight excluding hydrogens is 735 g/mol. The van der Waals surface area contributed by atoms with Crippen LogP contribution in [0.5, 0.6) is 0 Å². The fraction of sp³-hybridized carbons (Fsp3) is 0.259. The topological polar surface area (TPSA) is 21.3 Å². The van der Waals surface area contributed by atoms with Crippen molar-refractivity contribution < 1.29 is 4.42 Å². The molecule has 0 saturated heterocycles. The van der Waals surface area contributed by atoms with Gasteiger partial charge in [0, 0.05) is 58.5 Å². The number of hydrogen-bond donors (Lipinski definition) is 0. The molecule has 2 aliphatic carbocycles. The lowest BCUT2D eigenvalue weighted by molar-refractivity contribution is 0.332. The van der Waals surface area contributed by atoms with Gasteiger partial charge in [-0.05, 0) is 131 Å². The van der Waals surface area contributed by atoms with Gasteiger partial charge in [-0.15, -0.1) is 11.3 Å². The lowest BCUT2D eigenvalue weighted by Crippen LogP contribution is -2.57. The average molecular weight is 783 g/mol. The molecule has 288 valence electrons. The average Bonchev–Trinajstić information content (AvgIpc) is 4.01. The van der Waals surface area contributed by atoms with Crippen LogP contribution in [0.1, 0.15) is 89.0 Å². The summed E-state index contributed by atoms with van der Waals surface area (Å²) >= 11 is 1.94. The summed E-state index contributed by atoms with van der Waals surface area (Å²) in [6.45, 7) is 14.5. The fourth-order valence-electron chi connectivity index (χ4n) is 11.9. The second-order valence-corrected chi connectivity index (χ2v) is 20.4. The number of rotatable bonds is 4. The highest BCUT2D eigenvalue weighted by Crippen LogP contribution is 2.54. The Morgan fingerprint density at radius 2 is 1.54 bits per heavy atom. The molecule has 5 heteroatoms. The highest BCUT2D eigenvalue weighted by Gasteiger charge is 2.48.